The van der Waals surface area contributed by atoms with Gasteiger partial charge >= 0.3 is 0 Å². The Morgan fingerprint density at radius 1 is 1.29 bits per heavy atom. The lowest BCUT2D eigenvalue weighted by Gasteiger charge is -2.37. The first kappa shape index (κ1) is 15.0. The van der Waals surface area contributed by atoms with Crippen molar-refractivity contribution >= 4 is 21.9 Å². The summed E-state index contributed by atoms with van der Waals surface area (Å²) in [6.45, 7) is 3.65. The van der Waals surface area contributed by atoms with E-state index < -0.39 is 11.7 Å². The van der Waals surface area contributed by atoms with Gasteiger partial charge in [0.15, 0.2) is 0 Å². The van der Waals surface area contributed by atoms with Crippen molar-refractivity contribution in [2.24, 2.45) is 0 Å². The van der Waals surface area contributed by atoms with Crippen molar-refractivity contribution in [1.29, 1.82) is 0 Å². The number of aliphatic hydroxyl groups is 1. The lowest BCUT2D eigenvalue weighted by molar-refractivity contribution is -0.0410. The highest BCUT2D eigenvalue weighted by atomic mass is 16.5. The van der Waals surface area contributed by atoms with Gasteiger partial charge in [0, 0.05) is 18.1 Å². The Morgan fingerprint density at radius 3 is 2.79 bits per heavy atom. The van der Waals surface area contributed by atoms with Crippen LogP contribution in [0.3, 0.4) is 0 Å². The number of fused-ring (bicyclic) bond motifs is 4. The average molecular weight is 326 g/mol. The number of para-hydroxylation sites is 1. The van der Waals surface area contributed by atoms with Crippen LogP contribution in [0.5, 0.6) is 11.5 Å². The van der Waals surface area contributed by atoms with Gasteiger partial charge in [0.1, 0.15) is 33.7 Å². The first-order chi connectivity index (χ1) is 11.4. The molecule has 3 aromatic rings. The predicted octanol–water partition coefficient (Wildman–Crippen LogP) is 3.03. The topological polar surface area (TPSA) is 68.9 Å². The summed E-state index contributed by atoms with van der Waals surface area (Å²) >= 11 is 0. The molecule has 0 aliphatic carbocycles. The smallest absolute Gasteiger partial charge is 0.204 e. The quantitative estimate of drug-likeness (QED) is 0.696. The molecule has 0 bridgehead atoms. The van der Waals surface area contributed by atoms with E-state index in [0.717, 1.165) is 0 Å². The standard InChI is InChI=1S/C19H18O5/c1-19(2)15(20)8-11-13(24-19)9-14(22-3)16-17(21)10-6-4-5-7-12(10)23-18(11)16/h4-7,9,15,20H,8H2,1-3H3. The predicted molar refractivity (Wildman–Crippen MR) is 91.0 cm³/mol. The van der Waals surface area contributed by atoms with Crippen LogP contribution < -0.4 is 14.9 Å². The van der Waals surface area contributed by atoms with Crippen molar-refractivity contribution in [3.05, 3.63) is 46.1 Å². The molecule has 1 atom stereocenters. The molecule has 1 N–H and O–H groups in total. The van der Waals surface area contributed by atoms with Gasteiger partial charge in [-0.25, -0.2) is 0 Å². The van der Waals surface area contributed by atoms with Crippen molar-refractivity contribution in [2.75, 3.05) is 7.11 Å². The molecule has 0 radical (unpaired) electrons. The largest absolute Gasteiger partial charge is 0.496 e. The van der Waals surface area contributed by atoms with E-state index in [-0.39, 0.29) is 5.43 Å². The molecule has 124 valence electrons. The van der Waals surface area contributed by atoms with Crippen LogP contribution in [0, 0.1) is 0 Å². The SMILES string of the molecule is COc1cc2c(c3oc4ccccc4c(=O)c13)CC(O)C(C)(C)O2. The third-order valence-corrected chi connectivity index (χ3v) is 4.67. The van der Waals surface area contributed by atoms with Gasteiger partial charge in [-0.15, -0.1) is 0 Å². The zero-order chi connectivity index (χ0) is 17.1. The minimum atomic E-state index is -0.719. The zero-order valence-electron chi connectivity index (χ0n) is 13.8. The summed E-state index contributed by atoms with van der Waals surface area (Å²) in [4.78, 5) is 12.9. The number of hydrogen-bond acceptors (Lipinski definition) is 5. The van der Waals surface area contributed by atoms with E-state index in [9.17, 15) is 9.90 Å². The molecule has 0 saturated heterocycles. The van der Waals surface area contributed by atoms with E-state index in [4.69, 9.17) is 13.9 Å². The van der Waals surface area contributed by atoms with Gasteiger partial charge in [-0.2, -0.15) is 0 Å². The normalized spacial score (nSPS) is 19.1. The van der Waals surface area contributed by atoms with Gasteiger partial charge in [-0.3, -0.25) is 4.79 Å². The van der Waals surface area contributed by atoms with E-state index in [0.29, 0.717) is 45.4 Å². The Kier molecular flexibility index (Phi) is 3.12. The van der Waals surface area contributed by atoms with E-state index in [1.165, 1.54) is 7.11 Å². The van der Waals surface area contributed by atoms with Gasteiger partial charge in [-0.1, -0.05) is 12.1 Å². The van der Waals surface area contributed by atoms with E-state index in [2.05, 4.69) is 0 Å². The molecule has 2 heterocycles. The minimum absolute atomic E-state index is 0.147. The Balaban J connectivity index is 2.15. The third kappa shape index (κ3) is 2.01. The molecule has 4 rings (SSSR count). The number of hydrogen-bond donors (Lipinski definition) is 1. The lowest BCUT2D eigenvalue weighted by atomic mass is 9.90. The Bertz CT molecular complexity index is 1020. The molecule has 2 aromatic carbocycles. The van der Waals surface area contributed by atoms with Crippen molar-refractivity contribution in [1.82, 2.24) is 0 Å². The molecule has 0 amide bonds. The Hall–Kier alpha value is -2.53. The fourth-order valence-electron chi connectivity index (χ4n) is 3.20. The van der Waals surface area contributed by atoms with E-state index >= 15 is 0 Å². The summed E-state index contributed by atoms with van der Waals surface area (Å²) in [5, 5.41) is 11.3. The van der Waals surface area contributed by atoms with Crippen LogP contribution in [0.1, 0.15) is 19.4 Å². The highest BCUT2D eigenvalue weighted by Crippen LogP contribution is 2.41. The van der Waals surface area contributed by atoms with Gasteiger partial charge in [0.05, 0.1) is 18.6 Å². The maximum absolute atomic E-state index is 12.9. The summed E-state index contributed by atoms with van der Waals surface area (Å²) in [5.74, 6) is 0.989. The lowest BCUT2D eigenvalue weighted by Crippen LogP contribution is -2.46. The van der Waals surface area contributed by atoms with Gasteiger partial charge in [-0.05, 0) is 26.0 Å². The monoisotopic (exact) mass is 326 g/mol. The molecule has 0 fully saturated rings. The summed E-state index contributed by atoms with van der Waals surface area (Å²) in [7, 11) is 1.51. The summed E-state index contributed by atoms with van der Waals surface area (Å²) in [6.07, 6.45) is -0.345. The number of methoxy groups -OCH3 is 1. The van der Waals surface area contributed by atoms with Crippen LogP contribution in [0.2, 0.25) is 0 Å². The molecule has 1 aromatic heterocycles. The van der Waals surface area contributed by atoms with E-state index in [1.54, 1.807) is 24.3 Å². The minimum Gasteiger partial charge on any atom is -0.496 e. The van der Waals surface area contributed by atoms with Gasteiger partial charge < -0.3 is 19.0 Å². The van der Waals surface area contributed by atoms with Crippen molar-refractivity contribution in [2.45, 2.75) is 32.0 Å². The Labute approximate surface area is 138 Å². The van der Waals surface area contributed by atoms with Crippen LogP contribution in [-0.4, -0.2) is 23.9 Å². The molecule has 0 spiro atoms. The second-order valence-corrected chi connectivity index (χ2v) is 6.61. The van der Waals surface area contributed by atoms with Crippen LogP contribution in [-0.2, 0) is 6.42 Å². The summed E-state index contributed by atoms with van der Waals surface area (Å²) in [6, 6.07) is 8.81. The fourth-order valence-corrected chi connectivity index (χ4v) is 3.20. The molecule has 1 aliphatic rings. The van der Waals surface area contributed by atoms with Crippen LogP contribution in [0.4, 0.5) is 0 Å². The fraction of sp³-hybridized carbons (Fsp3) is 0.316. The summed E-state index contributed by atoms with van der Waals surface area (Å²) < 4.78 is 17.4. The maximum atomic E-state index is 12.9. The number of ether oxygens (including phenoxy) is 2. The van der Waals surface area contributed by atoms with Crippen LogP contribution in [0.15, 0.2) is 39.5 Å². The number of rotatable bonds is 1. The number of benzene rings is 2. The molecular formula is C19H18O5. The number of aliphatic hydroxyl groups excluding tert-OH is 1. The average Bonchev–Trinajstić information content (AvgIpc) is 2.55. The second kappa shape index (κ2) is 4.98. The highest BCUT2D eigenvalue weighted by Gasteiger charge is 2.38. The van der Waals surface area contributed by atoms with E-state index in [1.807, 2.05) is 19.9 Å². The molecule has 0 saturated carbocycles. The van der Waals surface area contributed by atoms with Gasteiger partial charge in [0.2, 0.25) is 5.43 Å². The zero-order valence-corrected chi connectivity index (χ0v) is 13.8. The first-order valence-electron chi connectivity index (χ1n) is 7.85. The van der Waals surface area contributed by atoms with Crippen molar-refractivity contribution < 1.29 is 19.0 Å². The van der Waals surface area contributed by atoms with Crippen molar-refractivity contribution in [3.8, 4) is 11.5 Å². The van der Waals surface area contributed by atoms with Crippen LogP contribution in [0.25, 0.3) is 21.9 Å². The molecule has 1 aliphatic heterocycles. The Morgan fingerprint density at radius 2 is 2.04 bits per heavy atom. The molecular weight excluding hydrogens is 308 g/mol. The molecule has 5 nitrogen and oxygen atoms in total. The first-order valence-corrected chi connectivity index (χ1v) is 7.85. The molecule has 5 heteroatoms. The highest BCUT2D eigenvalue weighted by molar-refractivity contribution is 5.96. The second-order valence-electron chi connectivity index (χ2n) is 6.61. The van der Waals surface area contributed by atoms with Crippen LogP contribution >= 0.6 is 0 Å². The third-order valence-electron chi connectivity index (χ3n) is 4.67. The summed E-state index contributed by atoms with van der Waals surface area (Å²) in [5.41, 5.74) is 0.752. The van der Waals surface area contributed by atoms with Gasteiger partial charge in [0.25, 0.3) is 0 Å². The molecule has 1 unspecified atom stereocenters. The molecule has 24 heavy (non-hydrogen) atoms. The van der Waals surface area contributed by atoms with Crippen molar-refractivity contribution in [3.63, 3.8) is 0 Å². The maximum Gasteiger partial charge on any atom is 0.204 e.